The number of hydrogen-bond acceptors (Lipinski definition) is 6. The monoisotopic (exact) mass is 625 g/mol. The van der Waals surface area contributed by atoms with E-state index in [9.17, 15) is 22.6 Å². The van der Waals surface area contributed by atoms with Crippen molar-refractivity contribution in [3.63, 3.8) is 0 Å². The van der Waals surface area contributed by atoms with Crippen LogP contribution in [0.4, 0.5) is 5.69 Å². The Bertz CT molecular complexity index is 1650. The highest BCUT2D eigenvalue weighted by atomic mass is 32.2. The van der Waals surface area contributed by atoms with Crippen molar-refractivity contribution >= 4 is 54.5 Å². The standard InChI is InChI=1S/C34H44N2O5S2/c1-6-9-10-11-14-31(38)29-21-24(20-28(35-29)30(37)13-7-2)26-22-27-32(25-15-18-42-33(25)26)36(17-12-19-43(39,40)41)23(4)34(27,5)16-8-3/h15,18,20-22H,6-14,16-17,19H2,1-5H3/p+1. The number of carbonyl (C=O) groups is 2. The zero-order valence-electron chi connectivity index (χ0n) is 26.2. The van der Waals surface area contributed by atoms with E-state index in [1.165, 1.54) is 0 Å². The van der Waals surface area contributed by atoms with Crippen molar-refractivity contribution in [2.45, 2.75) is 104 Å². The minimum absolute atomic E-state index is 0.0305. The van der Waals surface area contributed by atoms with Crippen LogP contribution in [0.3, 0.4) is 0 Å². The highest BCUT2D eigenvalue weighted by Crippen LogP contribution is 2.50. The molecule has 43 heavy (non-hydrogen) atoms. The van der Waals surface area contributed by atoms with Gasteiger partial charge in [-0.2, -0.15) is 13.0 Å². The van der Waals surface area contributed by atoms with Crippen LogP contribution in [0.2, 0.25) is 0 Å². The summed E-state index contributed by atoms with van der Waals surface area (Å²) in [5.41, 5.74) is 5.60. The summed E-state index contributed by atoms with van der Waals surface area (Å²) in [4.78, 5) is 31.0. The first-order valence-electron chi connectivity index (χ1n) is 15.6. The average molecular weight is 626 g/mol. The SMILES string of the molecule is CCCCCCC(=O)c1cc(-c2cc3c(c4ccsc24)[N+](CCCS(=O)(=O)O)=C(C)C3(C)CCC)cc(C(=O)CCC)n1. The summed E-state index contributed by atoms with van der Waals surface area (Å²) >= 11 is 1.62. The molecule has 1 atom stereocenters. The molecular weight excluding hydrogens is 581 g/mol. The molecule has 1 aliphatic heterocycles. The first-order chi connectivity index (χ1) is 20.4. The van der Waals surface area contributed by atoms with Gasteiger partial charge in [-0.05, 0) is 61.4 Å². The lowest BCUT2D eigenvalue weighted by atomic mass is 9.75. The summed E-state index contributed by atoms with van der Waals surface area (Å²) in [6.07, 6.45) is 7.67. The number of aromatic nitrogens is 1. The molecule has 0 saturated heterocycles. The molecule has 1 aromatic carbocycles. The van der Waals surface area contributed by atoms with Crippen molar-refractivity contribution in [1.82, 2.24) is 4.98 Å². The predicted octanol–water partition coefficient (Wildman–Crippen LogP) is 8.55. The van der Waals surface area contributed by atoms with Crippen molar-refractivity contribution < 1.29 is 27.1 Å². The Morgan fingerprint density at radius 3 is 2.28 bits per heavy atom. The van der Waals surface area contributed by atoms with Crippen LogP contribution < -0.4 is 0 Å². The van der Waals surface area contributed by atoms with Gasteiger partial charge in [-0.3, -0.25) is 14.1 Å². The second kappa shape index (κ2) is 13.9. The number of ketones is 2. The predicted molar refractivity (Wildman–Crippen MR) is 176 cm³/mol. The molecule has 7 nitrogen and oxygen atoms in total. The number of unbranched alkanes of at least 4 members (excludes halogenated alkanes) is 3. The summed E-state index contributed by atoms with van der Waals surface area (Å²) in [5, 5.41) is 3.12. The summed E-state index contributed by atoms with van der Waals surface area (Å²) < 4.78 is 35.6. The van der Waals surface area contributed by atoms with Gasteiger partial charge in [0.2, 0.25) is 5.69 Å². The van der Waals surface area contributed by atoms with E-state index in [1.807, 2.05) is 19.1 Å². The Morgan fingerprint density at radius 1 is 0.953 bits per heavy atom. The smallest absolute Gasteiger partial charge is 0.265 e. The van der Waals surface area contributed by atoms with Crippen molar-refractivity contribution in [3.8, 4) is 11.1 Å². The number of thiophene rings is 1. The van der Waals surface area contributed by atoms with Gasteiger partial charge >= 0.3 is 0 Å². The Kier molecular flexibility index (Phi) is 10.7. The van der Waals surface area contributed by atoms with Crippen LogP contribution in [0.15, 0.2) is 29.6 Å². The van der Waals surface area contributed by atoms with Gasteiger partial charge in [0.1, 0.15) is 17.9 Å². The third-order valence-electron chi connectivity index (χ3n) is 8.75. The lowest BCUT2D eigenvalue weighted by molar-refractivity contribution is -0.437. The van der Waals surface area contributed by atoms with Gasteiger partial charge in [0.15, 0.2) is 17.3 Å². The summed E-state index contributed by atoms with van der Waals surface area (Å²) in [7, 11) is -4.05. The third kappa shape index (κ3) is 7.15. The molecule has 0 bridgehead atoms. The molecule has 0 spiro atoms. The Hall–Kier alpha value is -2.75. The maximum absolute atomic E-state index is 13.3. The summed E-state index contributed by atoms with van der Waals surface area (Å²) in [5.74, 6) is -0.377. The molecule has 0 radical (unpaired) electrons. The van der Waals surface area contributed by atoms with Crippen LogP contribution in [0.1, 0.15) is 125 Å². The molecule has 2 aromatic heterocycles. The Morgan fingerprint density at radius 2 is 1.65 bits per heavy atom. The molecule has 3 heterocycles. The molecule has 232 valence electrons. The Labute approximate surface area is 260 Å². The highest BCUT2D eigenvalue weighted by Gasteiger charge is 2.47. The minimum Gasteiger partial charge on any atom is -0.292 e. The van der Waals surface area contributed by atoms with Crippen LogP contribution in [-0.4, -0.2) is 52.1 Å². The first-order valence-corrected chi connectivity index (χ1v) is 18.1. The van der Waals surface area contributed by atoms with E-state index in [4.69, 9.17) is 0 Å². The van der Waals surface area contributed by atoms with E-state index < -0.39 is 10.1 Å². The fourth-order valence-electron chi connectivity index (χ4n) is 6.38. The molecule has 1 unspecified atom stereocenters. The molecule has 3 aromatic rings. The van der Waals surface area contributed by atoms with E-state index in [-0.39, 0.29) is 22.7 Å². The van der Waals surface area contributed by atoms with Crippen molar-refractivity contribution in [2.24, 2.45) is 0 Å². The topological polar surface area (TPSA) is 104 Å². The zero-order valence-corrected chi connectivity index (χ0v) is 27.8. The molecule has 1 aliphatic rings. The number of fused-ring (bicyclic) bond motifs is 3. The van der Waals surface area contributed by atoms with Crippen molar-refractivity contribution in [2.75, 3.05) is 12.3 Å². The van der Waals surface area contributed by atoms with Crippen LogP contribution in [0, 0.1) is 0 Å². The van der Waals surface area contributed by atoms with E-state index in [0.29, 0.717) is 43.6 Å². The maximum Gasteiger partial charge on any atom is 0.265 e. The fourth-order valence-corrected chi connectivity index (χ4v) is 7.81. The zero-order chi connectivity index (χ0) is 31.4. The number of rotatable bonds is 16. The molecule has 1 N–H and O–H groups in total. The van der Waals surface area contributed by atoms with Crippen LogP contribution in [-0.2, 0) is 15.5 Å². The third-order valence-corrected chi connectivity index (χ3v) is 10.5. The van der Waals surface area contributed by atoms with Crippen molar-refractivity contribution in [1.29, 1.82) is 0 Å². The second-order valence-corrected chi connectivity index (χ2v) is 14.5. The fraction of sp³-hybridized carbons (Fsp3) is 0.529. The minimum atomic E-state index is -4.05. The average Bonchev–Trinajstić information content (AvgIpc) is 3.52. The van der Waals surface area contributed by atoms with Gasteiger partial charge in [0, 0.05) is 42.0 Å². The van der Waals surface area contributed by atoms with Gasteiger partial charge in [0.25, 0.3) is 10.1 Å². The molecule has 9 heteroatoms. The molecule has 0 saturated carbocycles. The lowest BCUT2D eigenvalue weighted by Gasteiger charge is -2.22. The van der Waals surface area contributed by atoms with Gasteiger partial charge in [0.05, 0.1) is 16.6 Å². The number of hydrogen-bond donors (Lipinski definition) is 1. The lowest BCUT2D eigenvalue weighted by Crippen LogP contribution is -2.30. The molecule has 0 amide bonds. The molecular formula is C34H45N2O5S2+. The summed E-state index contributed by atoms with van der Waals surface area (Å²) in [6, 6.07) is 8.03. The number of pyridine rings is 1. The van der Waals surface area contributed by atoms with Crippen molar-refractivity contribution in [3.05, 3.63) is 46.6 Å². The maximum atomic E-state index is 13.3. The molecule has 4 rings (SSSR count). The number of benzene rings is 1. The number of carbonyl (C=O) groups excluding carboxylic acids is 2. The van der Waals surface area contributed by atoms with Gasteiger partial charge < -0.3 is 0 Å². The normalized spacial score (nSPS) is 16.7. The van der Waals surface area contributed by atoms with Gasteiger partial charge in [-0.1, -0.05) is 46.5 Å². The molecule has 0 fully saturated rings. The largest absolute Gasteiger partial charge is 0.292 e. The summed E-state index contributed by atoms with van der Waals surface area (Å²) in [6.45, 7) is 11.1. The van der Waals surface area contributed by atoms with E-state index >= 15 is 0 Å². The van der Waals surface area contributed by atoms with Gasteiger partial charge in [-0.25, -0.2) is 4.98 Å². The van der Waals surface area contributed by atoms with E-state index in [2.05, 4.69) is 54.8 Å². The van der Waals surface area contributed by atoms with Gasteiger partial charge in [-0.15, -0.1) is 11.3 Å². The van der Waals surface area contributed by atoms with Crippen LogP contribution in [0.25, 0.3) is 21.2 Å². The van der Waals surface area contributed by atoms with E-state index in [1.54, 1.807) is 11.3 Å². The molecule has 0 aliphatic carbocycles. The second-order valence-electron chi connectivity index (χ2n) is 12.0. The highest BCUT2D eigenvalue weighted by molar-refractivity contribution is 7.85. The van der Waals surface area contributed by atoms with Crippen LogP contribution in [0.5, 0.6) is 0 Å². The van der Waals surface area contributed by atoms with E-state index in [0.717, 1.165) is 76.7 Å². The van der Waals surface area contributed by atoms with Crippen LogP contribution >= 0.6 is 11.3 Å². The number of Topliss-reactive ketones (excluding diaryl/α,β-unsaturated/α-hetero) is 2. The quantitative estimate of drug-likeness (QED) is 0.0740. The Balaban J connectivity index is 1.88. The first kappa shape index (κ1) is 33.1. The number of nitrogens with zero attached hydrogens (tertiary/aromatic N) is 2.